The van der Waals surface area contributed by atoms with E-state index in [1.165, 1.54) is 18.4 Å². The molecule has 1 aliphatic heterocycles. The molecule has 0 saturated carbocycles. The van der Waals surface area contributed by atoms with E-state index in [0.29, 0.717) is 12.1 Å². The predicted molar refractivity (Wildman–Crippen MR) is 71.1 cm³/mol. The first-order chi connectivity index (χ1) is 8.81. The number of benzene rings is 1. The van der Waals surface area contributed by atoms with Gasteiger partial charge in [-0.1, -0.05) is 12.1 Å². The molecule has 0 radical (unpaired) electrons. The first-order valence-corrected chi connectivity index (χ1v) is 6.99. The quantitative estimate of drug-likeness (QED) is 0.884. The Morgan fingerprint density at radius 3 is 3.11 bits per heavy atom. The number of rotatable bonds is 3. The molecule has 2 nitrogen and oxygen atoms in total. The molecule has 3 heteroatoms. The normalized spacial score (nSPS) is 27.7. The predicted octanol–water partition coefficient (Wildman–Crippen LogP) is 2.50. The van der Waals surface area contributed by atoms with Crippen molar-refractivity contribution in [1.29, 1.82) is 0 Å². The van der Waals surface area contributed by atoms with Crippen molar-refractivity contribution in [2.24, 2.45) is 0 Å². The molecule has 1 heterocycles. The largest absolute Gasteiger partial charge is 0.318 e. The average Bonchev–Trinajstić information content (AvgIpc) is 2.96. The van der Waals surface area contributed by atoms with Crippen molar-refractivity contribution in [3.05, 3.63) is 35.1 Å². The van der Waals surface area contributed by atoms with Gasteiger partial charge in [0.25, 0.3) is 0 Å². The molecule has 18 heavy (non-hydrogen) atoms. The molecular formula is C15H21FN2. The summed E-state index contributed by atoms with van der Waals surface area (Å²) < 4.78 is 13.8. The molecule has 0 amide bonds. The maximum atomic E-state index is 13.8. The van der Waals surface area contributed by atoms with Gasteiger partial charge in [-0.3, -0.25) is 4.90 Å². The van der Waals surface area contributed by atoms with Crippen LogP contribution < -0.4 is 5.32 Å². The molecule has 2 unspecified atom stereocenters. The van der Waals surface area contributed by atoms with Crippen LogP contribution in [0.1, 0.15) is 36.4 Å². The highest BCUT2D eigenvalue weighted by Gasteiger charge is 2.35. The van der Waals surface area contributed by atoms with Crippen LogP contribution in [0.4, 0.5) is 4.39 Å². The molecule has 1 saturated heterocycles. The van der Waals surface area contributed by atoms with Crippen LogP contribution in [-0.2, 0) is 6.42 Å². The Labute approximate surface area is 108 Å². The minimum atomic E-state index is -0.0145. The molecule has 2 atom stereocenters. The van der Waals surface area contributed by atoms with Gasteiger partial charge >= 0.3 is 0 Å². The van der Waals surface area contributed by atoms with Crippen molar-refractivity contribution < 1.29 is 4.39 Å². The Bertz CT molecular complexity index is 433. The van der Waals surface area contributed by atoms with Crippen molar-refractivity contribution in [2.75, 3.05) is 20.1 Å². The van der Waals surface area contributed by atoms with Gasteiger partial charge in [-0.25, -0.2) is 4.39 Å². The Hall–Kier alpha value is -0.930. The molecule has 1 aliphatic carbocycles. The molecule has 1 aromatic rings. The smallest absolute Gasteiger partial charge is 0.126 e. The maximum Gasteiger partial charge on any atom is 0.126 e. The minimum Gasteiger partial charge on any atom is -0.318 e. The Balaban J connectivity index is 1.85. The lowest BCUT2D eigenvalue weighted by Crippen LogP contribution is -2.38. The maximum absolute atomic E-state index is 13.8. The summed E-state index contributed by atoms with van der Waals surface area (Å²) in [4.78, 5) is 2.59. The summed E-state index contributed by atoms with van der Waals surface area (Å²) in [6.45, 7) is 2.20. The van der Waals surface area contributed by atoms with Gasteiger partial charge in [-0.15, -0.1) is 0 Å². The van der Waals surface area contributed by atoms with Gasteiger partial charge in [0, 0.05) is 18.6 Å². The van der Waals surface area contributed by atoms with E-state index < -0.39 is 0 Å². The van der Waals surface area contributed by atoms with Gasteiger partial charge in [0.2, 0.25) is 0 Å². The molecule has 1 aromatic carbocycles. The van der Waals surface area contributed by atoms with Crippen LogP contribution in [0.3, 0.4) is 0 Å². The van der Waals surface area contributed by atoms with Crippen LogP contribution in [0.25, 0.3) is 0 Å². The van der Waals surface area contributed by atoms with Crippen molar-refractivity contribution in [2.45, 2.75) is 37.8 Å². The van der Waals surface area contributed by atoms with Crippen molar-refractivity contribution in [3.8, 4) is 0 Å². The van der Waals surface area contributed by atoms with E-state index in [1.807, 2.05) is 13.1 Å². The third kappa shape index (κ3) is 1.95. The lowest BCUT2D eigenvalue weighted by molar-refractivity contribution is 0.178. The summed E-state index contributed by atoms with van der Waals surface area (Å²) in [7, 11) is 2.01. The van der Waals surface area contributed by atoms with Gasteiger partial charge in [0.1, 0.15) is 5.82 Å². The van der Waals surface area contributed by atoms with Gasteiger partial charge in [-0.2, -0.15) is 0 Å². The molecule has 0 aromatic heterocycles. The third-order valence-electron chi connectivity index (χ3n) is 4.44. The highest BCUT2D eigenvalue weighted by atomic mass is 19.1. The van der Waals surface area contributed by atoms with Crippen LogP contribution in [0, 0.1) is 5.82 Å². The fourth-order valence-electron chi connectivity index (χ4n) is 3.66. The lowest BCUT2D eigenvalue weighted by atomic mass is 10.1. The van der Waals surface area contributed by atoms with Crippen LogP contribution in [0.5, 0.6) is 0 Å². The first kappa shape index (κ1) is 12.1. The summed E-state index contributed by atoms with van der Waals surface area (Å²) in [6, 6.07) is 6.63. The molecule has 1 N–H and O–H groups in total. The van der Waals surface area contributed by atoms with Crippen molar-refractivity contribution >= 4 is 0 Å². The molecule has 0 spiro atoms. The Kier molecular flexibility index (Phi) is 3.35. The SMILES string of the molecule is CNCC1CCCN1C1CCc2c(F)cccc21. The molecular weight excluding hydrogens is 227 g/mol. The average molecular weight is 248 g/mol. The zero-order chi connectivity index (χ0) is 12.5. The number of likely N-dealkylation sites (N-methyl/N-ethyl adjacent to an activating group) is 1. The van der Waals surface area contributed by atoms with E-state index in [2.05, 4.69) is 16.3 Å². The van der Waals surface area contributed by atoms with E-state index in [4.69, 9.17) is 0 Å². The summed E-state index contributed by atoms with van der Waals surface area (Å²) in [5.74, 6) is -0.0145. The second-order valence-corrected chi connectivity index (χ2v) is 5.45. The van der Waals surface area contributed by atoms with E-state index in [0.717, 1.165) is 31.5 Å². The number of hydrogen-bond donors (Lipinski definition) is 1. The Morgan fingerprint density at radius 2 is 2.28 bits per heavy atom. The molecule has 0 bridgehead atoms. The first-order valence-electron chi connectivity index (χ1n) is 6.99. The van der Waals surface area contributed by atoms with Crippen LogP contribution in [0.2, 0.25) is 0 Å². The number of halogens is 1. The standard InChI is InChI=1S/C15H21FN2/c1-17-10-11-4-3-9-18(11)15-8-7-12-13(15)5-2-6-14(12)16/h2,5-6,11,15,17H,3-4,7-10H2,1H3. The second kappa shape index (κ2) is 4.98. The summed E-state index contributed by atoms with van der Waals surface area (Å²) >= 11 is 0. The Morgan fingerprint density at radius 1 is 1.39 bits per heavy atom. The van der Waals surface area contributed by atoms with Crippen molar-refractivity contribution in [1.82, 2.24) is 10.2 Å². The fourth-order valence-corrected chi connectivity index (χ4v) is 3.66. The van der Waals surface area contributed by atoms with E-state index in [-0.39, 0.29) is 5.82 Å². The number of likely N-dealkylation sites (tertiary alicyclic amines) is 1. The van der Waals surface area contributed by atoms with Gasteiger partial charge in [-0.05, 0) is 56.5 Å². The number of nitrogens with one attached hydrogen (secondary N) is 1. The number of nitrogens with zero attached hydrogens (tertiary/aromatic N) is 1. The molecule has 1 fully saturated rings. The van der Waals surface area contributed by atoms with Crippen molar-refractivity contribution in [3.63, 3.8) is 0 Å². The van der Waals surface area contributed by atoms with E-state index in [1.54, 1.807) is 6.07 Å². The zero-order valence-electron chi connectivity index (χ0n) is 11.0. The minimum absolute atomic E-state index is 0.0145. The van der Waals surface area contributed by atoms with Crippen LogP contribution in [0.15, 0.2) is 18.2 Å². The van der Waals surface area contributed by atoms with Gasteiger partial charge in [0.05, 0.1) is 0 Å². The topological polar surface area (TPSA) is 15.3 Å². The second-order valence-electron chi connectivity index (χ2n) is 5.45. The van der Waals surface area contributed by atoms with E-state index in [9.17, 15) is 4.39 Å². The third-order valence-corrected chi connectivity index (χ3v) is 4.44. The number of hydrogen-bond acceptors (Lipinski definition) is 2. The van der Waals surface area contributed by atoms with Crippen LogP contribution >= 0.6 is 0 Å². The molecule has 3 rings (SSSR count). The summed E-state index contributed by atoms with van der Waals surface area (Å²) in [5, 5.41) is 3.28. The van der Waals surface area contributed by atoms with E-state index >= 15 is 0 Å². The van der Waals surface area contributed by atoms with Gasteiger partial charge in [0.15, 0.2) is 0 Å². The van der Waals surface area contributed by atoms with Gasteiger partial charge < -0.3 is 5.32 Å². The highest BCUT2D eigenvalue weighted by Crippen LogP contribution is 2.40. The summed E-state index contributed by atoms with van der Waals surface area (Å²) in [6.07, 6.45) is 4.52. The number of fused-ring (bicyclic) bond motifs is 1. The molecule has 2 aliphatic rings. The molecule has 98 valence electrons. The summed E-state index contributed by atoms with van der Waals surface area (Å²) in [5.41, 5.74) is 2.19. The lowest BCUT2D eigenvalue weighted by Gasteiger charge is -2.31. The monoisotopic (exact) mass is 248 g/mol. The zero-order valence-corrected chi connectivity index (χ0v) is 11.0. The fraction of sp³-hybridized carbons (Fsp3) is 0.600. The van der Waals surface area contributed by atoms with Crippen LogP contribution in [-0.4, -0.2) is 31.1 Å². The highest BCUT2D eigenvalue weighted by molar-refractivity contribution is 5.36.